The molecular weight excluding hydrogens is 258 g/mol. The summed E-state index contributed by atoms with van der Waals surface area (Å²) in [6.07, 6.45) is 4.28. The second kappa shape index (κ2) is 6.40. The number of rotatable bonds is 6. The van der Waals surface area contributed by atoms with Gasteiger partial charge in [0.15, 0.2) is 0 Å². The van der Waals surface area contributed by atoms with E-state index in [-0.39, 0.29) is 0 Å². The van der Waals surface area contributed by atoms with Crippen LogP contribution >= 0.6 is 15.9 Å². The van der Waals surface area contributed by atoms with Crippen LogP contribution in [-0.2, 0) is 0 Å². The van der Waals surface area contributed by atoms with E-state index in [1.54, 1.807) is 12.3 Å². The molecule has 1 aromatic heterocycles. The van der Waals surface area contributed by atoms with Gasteiger partial charge in [0.2, 0.25) is 11.8 Å². The van der Waals surface area contributed by atoms with Crippen LogP contribution in [0.15, 0.2) is 23.3 Å². The summed E-state index contributed by atoms with van der Waals surface area (Å²) in [4.78, 5) is 8.30. The van der Waals surface area contributed by atoms with E-state index in [1.165, 1.54) is 0 Å². The quantitative estimate of drug-likeness (QED) is 0.638. The van der Waals surface area contributed by atoms with Gasteiger partial charge in [0.1, 0.15) is 0 Å². The van der Waals surface area contributed by atoms with Gasteiger partial charge in [0, 0.05) is 6.54 Å². The molecule has 0 saturated heterocycles. The molecule has 0 saturated carbocycles. The van der Waals surface area contributed by atoms with Gasteiger partial charge < -0.3 is 10.1 Å². The predicted molar refractivity (Wildman–Crippen MR) is 64.2 cm³/mol. The average molecular weight is 272 g/mol. The molecule has 82 valence electrons. The number of aromatic nitrogens is 2. The van der Waals surface area contributed by atoms with Crippen LogP contribution < -0.4 is 10.1 Å². The van der Waals surface area contributed by atoms with Crippen molar-refractivity contribution >= 4 is 21.9 Å². The molecule has 0 fully saturated rings. The molecule has 0 aromatic carbocycles. The molecular formula is C10H14BrN3O. The van der Waals surface area contributed by atoms with Gasteiger partial charge in [-0.05, 0) is 29.3 Å². The summed E-state index contributed by atoms with van der Waals surface area (Å²) >= 11 is 3.33. The van der Waals surface area contributed by atoms with Crippen LogP contribution in [0.3, 0.4) is 0 Å². The summed E-state index contributed by atoms with van der Waals surface area (Å²) in [6, 6.07) is 0. The fourth-order valence-corrected chi connectivity index (χ4v) is 1.24. The molecule has 0 aliphatic carbocycles. The first-order valence-corrected chi connectivity index (χ1v) is 5.57. The van der Waals surface area contributed by atoms with Crippen molar-refractivity contribution in [1.82, 2.24) is 9.97 Å². The molecule has 5 heteroatoms. The van der Waals surface area contributed by atoms with E-state index in [0.717, 1.165) is 17.4 Å². The Hall–Kier alpha value is -1.10. The first kappa shape index (κ1) is 12.0. The van der Waals surface area contributed by atoms with E-state index in [9.17, 15) is 0 Å². The van der Waals surface area contributed by atoms with Crippen molar-refractivity contribution in [3.63, 3.8) is 0 Å². The van der Waals surface area contributed by atoms with Gasteiger partial charge in [-0.3, -0.25) is 0 Å². The largest absolute Gasteiger partial charge is 0.476 e. The van der Waals surface area contributed by atoms with Crippen LogP contribution in [0.25, 0.3) is 0 Å². The molecule has 1 rings (SSSR count). The Labute approximate surface area is 97.9 Å². The lowest BCUT2D eigenvalue weighted by Gasteiger charge is -2.07. The van der Waals surface area contributed by atoms with E-state index >= 15 is 0 Å². The highest BCUT2D eigenvalue weighted by Crippen LogP contribution is 2.22. The molecule has 0 amide bonds. The highest BCUT2D eigenvalue weighted by molar-refractivity contribution is 9.10. The maximum absolute atomic E-state index is 5.45. The highest BCUT2D eigenvalue weighted by Gasteiger charge is 2.04. The average Bonchev–Trinajstić information content (AvgIpc) is 2.23. The first-order valence-electron chi connectivity index (χ1n) is 4.78. The zero-order chi connectivity index (χ0) is 11.1. The minimum absolute atomic E-state index is 0.558. The monoisotopic (exact) mass is 271 g/mol. The third kappa shape index (κ3) is 3.87. The number of hydrogen-bond donors (Lipinski definition) is 1. The molecule has 0 spiro atoms. The van der Waals surface area contributed by atoms with Crippen LogP contribution in [0, 0.1) is 0 Å². The van der Waals surface area contributed by atoms with E-state index in [2.05, 4.69) is 37.8 Å². The van der Waals surface area contributed by atoms with Crippen LogP contribution in [0.2, 0.25) is 0 Å². The van der Waals surface area contributed by atoms with Gasteiger partial charge in [-0.15, -0.1) is 6.58 Å². The molecule has 0 atom stereocenters. The van der Waals surface area contributed by atoms with Gasteiger partial charge in [0.05, 0.1) is 17.3 Å². The summed E-state index contributed by atoms with van der Waals surface area (Å²) in [5.41, 5.74) is 0. The molecule has 0 bridgehead atoms. The van der Waals surface area contributed by atoms with Gasteiger partial charge >= 0.3 is 0 Å². The van der Waals surface area contributed by atoms with Gasteiger partial charge in [-0.1, -0.05) is 6.08 Å². The molecule has 0 radical (unpaired) electrons. The molecule has 4 nitrogen and oxygen atoms in total. The maximum Gasteiger partial charge on any atom is 0.232 e. The van der Waals surface area contributed by atoms with Crippen molar-refractivity contribution in [3.8, 4) is 5.88 Å². The van der Waals surface area contributed by atoms with E-state index in [0.29, 0.717) is 18.4 Å². The summed E-state index contributed by atoms with van der Waals surface area (Å²) < 4.78 is 6.21. The number of hydrogen-bond acceptors (Lipinski definition) is 4. The van der Waals surface area contributed by atoms with Gasteiger partial charge in [0.25, 0.3) is 0 Å². The number of ether oxygens (including phenoxy) is 1. The molecule has 1 heterocycles. The summed E-state index contributed by atoms with van der Waals surface area (Å²) in [5.74, 6) is 1.14. The standard InChI is InChI=1S/C10H14BrN3O/c1-3-5-6-15-9-8(11)7-13-10(14-9)12-4-2/h3,7H,1,4-6H2,2H3,(H,12,13,14). The Balaban J connectivity index is 2.67. The molecule has 0 aliphatic heterocycles. The lowest BCUT2D eigenvalue weighted by atomic mass is 10.4. The smallest absolute Gasteiger partial charge is 0.232 e. The van der Waals surface area contributed by atoms with Crippen molar-refractivity contribution in [3.05, 3.63) is 23.3 Å². The minimum Gasteiger partial charge on any atom is -0.476 e. The second-order valence-electron chi connectivity index (χ2n) is 2.80. The summed E-state index contributed by atoms with van der Waals surface area (Å²) in [7, 11) is 0. The third-order valence-corrected chi connectivity index (χ3v) is 2.15. The van der Waals surface area contributed by atoms with Crippen LogP contribution in [0.5, 0.6) is 5.88 Å². The molecule has 1 N–H and O–H groups in total. The van der Waals surface area contributed by atoms with E-state index in [1.807, 2.05) is 6.92 Å². The van der Waals surface area contributed by atoms with Crippen molar-refractivity contribution in [2.24, 2.45) is 0 Å². The third-order valence-electron chi connectivity index (χ3n) is 1.61. The van der Waals surface area contributed by atoms with E-state index in [4.69, 9.17) is 4.74 Å². The molecule has 15 heavy (non-hydrogen) atoms. The fraction of sp³-hybridized carbons (Fsp3) is 0.400. The van der Waals surface area contributed by atoms with Crippen molar-refractivity contribution in [2.45, 2.75) is 13.3 Å². The molecule has 1 aromatic rings. The SMILES string of the molecule is C=CCCOc1nc(NCC)ncc1Br. The fourth-order valence-electron chi connectivity index (χ4n) is 0.935. The lowest BCUT2D eigenvalue weighted by molar-refractivity contribution is 0.310. The lowest BCUT2D eigenvalue weighted by Crippen LogP contribution is -2.05. The Morgan fingerprint density at radius 3 is 3.13 bits per heavy atom. The van der Waals surface area contributed by atoms with E-state index < -0.39 is 0 Å². The van der Waals surface area contributed by atoms with Crippen LogP contribution in [-0.4, -0.2) is 23.1 Å². The number of nitrogens with zero attached hydrogens (tertiary/aromatic N) is 2. The van der Waals surface area contributed by atoms with Crippen molar-refractivity contribution < 1.29 is 4.74 Å². The molecule has 0 unspecified atom stereocenters. The predicted octanol–water partition coefficient (Wildman–Crippen LogP) is 2.63. The highest BCUT2D eigenvalue weighted by atomic mass is 79.9. The normalized spacial score (nSPS) is 9.73. The maximum atomic E-state index is 5.45. The number of anilines is 1. The number of halogens is 1. The second-order valence-corrected chi connectivity index (χ2v) is 3.66. The van der Waals surface area contributed by atoms with Crippen LogP contribution in [0.1, 0.15) is 13.3 Å². The summed E-state index contributed by atoms with van der Waals surface area (Å²) in [5, 5.41) is 3.02. The van der Waals surface area contributed by atoms with Crippen molar-refractivity contribution in [1.29, 1.82) is 0 Å². The topological polar surface area (TPSA) is 47.0 Å². The Kier molecular flexibility index (Phi) is 5.10. The molecule has 0 aliphatic rings. The summed E-state index contributed by atoms with van der Waals surface area (Å²) in [6.45, 7) is 6.97. The zero-order valence-electron chi connectivity index (χ0n) is 8.66. The zero-order valence-corrected chi connectivity index (χ0v) is 10.2. The minimum atomic E-state index is 0.558. The Bertz CT molecular complexity index is 330. The van der Waals surface area contributed by atoms with Crippen molar-refractivity contribution in [2.75, 3.05) is 18.5 Å². The van der Waals surface area contributed by atoms with Gasteiger partial charge in [-0.2, -0.15) is 4.98 Å². The Morgan fingerprint density at radius 2 is 2.47 bits per heavy atom. The van der Waals surface area contributed by atoms with Gasteiger partial charge in [-0.25, -0.2) is 4.98 Å². The number of nitrogens with one attached hydrogen (secondary N) is 1. The first-order chi connectivity index (χ1) is 7.27. The Morgan fingerprint density at radius 1 is 1.67 bits per heavy atom. The van der Waals surface area contributed by atoms with Crippen LogP contribution in [0.4, 0.5) is 5.95 Å².